The fourth-order valence-corrected chi connectivity index (χ4v) is 0.157. The number of alkyl halides is 1. The molecule has 0 bridgehead atoms. The number of ether oxygens (including phenoxy) is 2. The molecule has 0 radical (unpaired) electrons. The van der Waals surface area contributed by atoms with Gasteiger partial charge in [-0.25, -0.2) is 4.39 Å². The molecule has 48 valence electrons. The highest BCUT2D eigenvalue weighted by Crippen LogP contribution is 2.07. The normalized spacial score (nSPS) is 30.4. The van der Waals surface area contributed by atoms with E-state index in [9.17, 15) is 4.39 Å². The maximum atomic E-state index is 11.1. The maximum absolute atomic E-state index is 11.1. The second kappa shape index (κ2) is 2.99. The lowest BCUT2D eigenvalue weighted by molar-refractivity contribution is 0.346. The summed E-state index contributed by atoms with van der Waals surface area (Å²) in [6, 6.07) is 0. The van der Waals surface area contributed by atoms with Crippen molar-refractivity contribution in [3.63, 3.8) is 0 Å². The molecule has 0 aromatic rings. The van der Waals surface area contributed by atoms with Crippen LogP contribution in [-0.4, -0.2) is 32.6 Å². The Kier molecular flexibility index (Phi) is 2.24. The van der Waals surface area contributed by atoms with E-state index >= 15 is 0 Å². The quantitative estimate of drug-likeness (QED) is 0.467. The Morgan fingerprint density at radius 1 is 1.50 bits per heavy atom. The van der Waals surface area contributed by atoms with E-state index in [2.05, 4.69) is 9.47 Å². The molecular formula is C5H9FO2. The van der Waals surface area contributed by atoms with Gasteiger partial charge in [0.05, 0.1) is 19.8 Å². The summed E-state index contributed by atoms with van der Waals surface area (Å²) in [7, 11) is 0. The van der Waals surface area contributed by atoms with Gasteiger partial charge >= 0.3 is 0 Å². The second-order valence-corrected chi connectivity index (χ2v) is 1.72. The van der Waals surface area contributed by atoms with Gasteiger partial charge in [-0.05, 0) is 0 Å². The molecule has 1 atom stereocenters. The van der Waals surface area contributed by atoms with Crippen molar-refractivity contribution in [2.75, 3.05) is 26.5 Å². The van der Waals surface area contributed by atoms with Gasteiger partial charge in [-0.2, -0.15) is 0 Å². The summed E-state index contributed by atoms with van der Waals surface area (Å²) in [5, 5.41) is 0. The molecule has 2 nitrogen and oxygen atoms in total. The highest BCUT2D eigenvalue weighted by molar-refractivity contribution is 4.65. The predicted molar refractivity (Wildman–Crippen MR) is 26.5 cm³/mol. The Labute approximate surface area is 47.6 Å². The van der Waals surface area contributed by atoms with Crippen molar-refractivity contribution in [2.24, 2.45) is 0 Å². The van der Waals surface area contributed by atoms with Gasteiger partial charge in [-0.15, -0.1) is 0 Å². The van der Waals surface area contributed by atoms with E-state index < -0.39 is 0 Å². The molecule has 2 aliphatic rings. The van der Waals surface area contributed by atoms with Crippen molar-refractivity contribution in [2.45, 2.75) is 6.10 Å². The summed E-state index contributed by atoms with van der Waals surface area (Å²) in [5.41, 5.74) is 0. The summed E-state index contributed by atoms with van der Waals surface area (Å²) in [4.78, 5) is 0. The Morgan fingerprint density at radius 2 is 2.00 bits per heavy atom. The molecule has 0 aliphatic carbocycles. The van der Waals surface area contributed by atoms with Crippen LogP contribution in [0.2, 0.25) is 0 Å². The zero-order valence-electron chi connectivity index (χ0n) is 4.60. The molecule has 2 aliphatic heterocycles. The molecule has 3 heteroatoms. The third-order valence-corrected chi connectivity index (χ3v) is 0.779. The minimum absolute atomic E-state index is 0.0324. The molecule has 2 heterocycles. The van der Waals surface area contributed by atoms with Crippen molar-refractivity contribution in [3.05, 3.63) is 0 Å². The molecule has 2 fully saturated rings. The van der Waals surface area contributed by atoms with E-state index in [1.165, 1.54) is 0 Å². The Bertz CT molecular complexity index is 58.7. The van der Waals surface area contributed by atoms with Crippen molar-refractivity contribution in [1.82, 2.24) is 0 Å². The van der Waals surface area contributed by atoms with Gasteiger partial charge in [0.2, 0.25) is 0 Å². The molecule has 0 spiro atoms. The van der Waals surface area contributed by atoms with Crippen molar-refractivity contribution >= 4 is 0 Å². The third kappa shape index (κ3) is 4.02. The summed E-state index contributed by atoms with van der Waals surface area (Å²) >= 11 is 0. The summed E-state index contributed by atoms with van der Waals surface area (Å²) in [6.45, 7) is 2.33. The summed E-state index contributed by atoms with van der Waals surface area (Å²) in [6.07, 6.45) is -0.0324. The van der Waals surface area contributed by atoms with Crippen LogP contribution in [-0.2, 0) is 9.47 Å². The number of hydrogen-bond donors (Lipinski definition) is 0. The van der Waals surface area contributed by atoms with Crippen LogP contribution in [0, 0.1) is 0 Å². The lowest BCUT2D eigenvalue weighted by Gasteiger charge is -1.66. The molecule has 0 aromatic heterocycles. The van der Waals surface area contributed by atoms with Crippen LogP contribution in [0.5, 0.6) is 0 Å². The average Bonchev–Trinajstić information content (AvgIpc) is 2.65. The smallest absolute Gasteiger partial charge is 0.118 e. The van der Waals surface area contributed by atoms with Crippen LogP contribution >= 0.6 is 0 Å². The van der Waals surface area contributed by atoms with Crippen molar-refractivity contribution in [1.29, 1.82) is 0 Å². The Morgan fingerprint density at radius 3 is 2.00 bits per heavy atom. The monoisotopic (exact) mass is 120 g/mol. The van der Waals surface area contributed by atoms with Crippen LogP contribution in [0.1, 0.15) is 0 Å². The van der Waals surface area contributed by atoms with Crippen LogP contribution in [0.15, 0.2) is 0 Å². The topological polar surface area (TPSA) is 25.1 Å². The first-order chi connectivity index (χ1) is 3.93. The van der Waals surface area contributed by atoms with E-state index in [1.807, 2.05) is 0 Å². The van der Waals surface area contributed by atoms with Gasteiger partial charge in [0.15, 0.2) is 0 Å². The Hall–Kier alpha value is -0.150. The molecule has 0 amide bonds. The van der Waals surface area contributed by atoms with Crippen molar-refractivity contribution < 1.29 is 13.9 Å². The SMILES string of the molecule is C1CO1.FCC1CO1. The van der Waals surface area contributed by atoms with Crippen molar-refractivity contribution in [3.8, 4) is 0 Å². The van der Waals surface area contributed by atoms with Gasteiger partial charge in [0.25, 0.3) is 0 Å². The molecule has 8 heavy (non-hydrogen) atoms. The molecule has 0 aromatic carbocycles. The fourth-order valence-electron chi connectivity index (χ4n) is 0.157. The molecule has 2 saturated heterocycles. The molecule has 0 N–H and O–H groups in total. The fraction of sp³-hybridized carbons (Fsp3) is 1.00. The van der Waals surface area contributed by atoms with Gasteiger partial charge in [0.1, 0.15) is 12.8 Å². The maximum Gasteiger partial charge on any atom is 0.118 e. The lowest BCUT2D eigenvalue weighted by Crippen LogP contribution is -1.81. The van der Waals surface area contributed by atoms with E-state index in [0.29, 0.717) is 6.61 Å². The summed E-state index contributed by atoms with van der Waals surface area (Å²) in [5.74, 6) is 0. The zero-order chi connectivity index (χ0) is 5.82. The number of hydrogen-bond acceptors (Lipinski definition) is 2. The number of epoxide rings is 2. The van der Waals surface area contributed by atoms with E-state index in [1.54, 1.807) is 0 Å². The highest BCUT2D eigenvalue weighted by atomic mass is 19.1. The largest absolute Gasteiger partial charge is 0.377 e. The predicted octanol–water partition coefficient (Wildman–Crippen LogP) is 0.371. The first-order valence-corrected chi connectivity index (χ1v) is 2.69. The first kappa shape index (κ1) is 5.98. The molecule has 0 saturated carbocycles. The second-order valence-electron chi connectivity index (χ2n) is 1.72. The highest BCUT2D eigenvalue weighted by Gasteiger charge is 2.20. The van der Waals surface area contributed by atoms with Gasteiger partial charge < -0.3 is 9.47 Å². The molecular weight excluding hydrogens is 111 g/mol. The molecule has 2 rings (SSSR count). The van der Waals surface area contributed by atoms with E-state index in [-0.39, 0.29) is 12.8 Å². The summed E-state index contributed by atoms with van der Waals surface area (Å²) < 4.78 is 20.0. The van der Waals surface area contributed by atoms with Gasteiger partial charge in [-0.3, -0.25) is 0 Å². The van der Waals surface area contributed by atoms with E-state index in [0.717, 1.165) is 13.2 Å². The minimum Gasteiger partial charge on any atom is -0.377 e. The molecule has 1 unspecified atom stereocenters. The van der Waals surface area contributed by atoms with Crippen LogP contribution < -0.4 is 0 Å². The minimum atomic E-state index is -0.306. The van der Waals surface area contributed by atoms with Crippen LogP contribution in [0.25, 0.3) is 0 Å². The van der Waals surface area contributed by atoms with Gasteiger partial charge in [-0.1, -0.05) is 0 Å². The standard InChI is InChI=1S/C3H5FO.C2H4O/c4-1-3-2-5-3;1-2-3-1/h3H,1-2H2;1-2H2. The van der Waals surface area contributed by atoms with Gasteiger partial charge in [0, 0.05) is 0 Å². The average molecular weight is 120 g/mol. The van der Waals surface area contributed by atoms with E-state index in [4.69, 9.17) is 0 Å². The third-order valence-electron chi connectivity index (χ3n) is 0.779. The lowest BCUT2D eigenvalue weighted by atomic mass is 10.6. The van der Waals surface area contributed by atoms with Crippen LogP contribution in [0.3, 0.4) is 0 Å². The number of rotatable bonds is 1. The Balaban J connectivity index is 0.0000000907. The first-order valence-electron chi connectivity index (χ1n) is 2.69. The van der Waals surface area contributed by atoms with Crippen LogP contribution in [0.4, 0.5) is 4.39 Å². The zero-order valence-corrected chi connectivity index (χ0v) is 4.60. The number of halogens is 1.